The average molecular weight is 226 g/mol. The first kappa shape index (κ1) is 13.2. The van der Waals surface area contributed by atoms with Crippen LogP contribution in [0.3, 0.4) is 0 Å². The molecule has 1 fully saturated rings. The van der Waals surface area contributed by atoms with Gasteiger partial charge in [0.15, 0.2) is 0 Å². The first-order valence-corrected chi connectivity index (χ1v) is 6.19. The zero-order valence-corrected chi connectivity index (χ0v) is 10.3. The molecule has 0 saturated carbocycles. The molecule has 1 aliphatic rings. The normalized spacial score (nSPS) is 21.9. The summed E-state index contributed by atoms with van der Waals surface area (Å²) in [6.45, 7) is 5.09. The second-order valence-electron chi connectivity index (χ2n) is 4.26. The molecule has 3 nitrogen and oxygen atoms in total. The Morgan fingerprint density at radius 1 is 1.50 bits per heavy atom. The van der Waals surface area contributed by atoms with E-state index in [0.717, 1.165) is 32.3 Å². The minimum absolute atomic E-state index is 0.108. The van der Waals surface area contributed by atoms with Gasteiger partial charge in [-0.05, 0) is 32.6 Å². The van der Waals surface area contributed by atoms with Gasteiger partial charge in [0, 0.05) is 12.2 Å². The molecule has 92 valence electrons. The highest BCUT2D eigenvalue weighted by molar-refractivity contribution is 5.87. The van der Waals surface area contributed by atoms with Crippen LogP contribution < -0.4 is 0 Å². The molecule has 1 rings (SSSR count). The van der Waals surface area contributed by atoms with E-state index >= 15 is 0 Å². The summed E-state index contributed by atoms with van der Waals surface area (Å²) in [5.41, 5.74) is 0.706. The molecule has 0 amide bonds. The third kappa shape index (κ3) is 4.79. The van der Waals surface area contributed by atoms with E-state index in [-0.39, 0.29) is 12.1 Å². The van der Waals surface area contributed by atoms with Gasteiger partial charge in [-0.2, -0.15) is 0 Å². The highest BCUT2D eigenvalue weighted by Gasteiger charge is 2.16. The lowest BCUT2D eigenvalue weighted by atomic mass is 10.1. The van der Waals surface area contributed by atoms with Crippen LogP contribution in [0.4, 0.5) is 0 Å². The lowest BCUT2D eigenvalue weighted by Crippen LogP contribution is -2.26. The summed E-state index contributed by atoms with van der Waals surface area (Å²) in [5, 5.41) is 0. The van der Waals surface area contributed by atoms with E-state index in [0.29, 0.717) is 12.2 Å². The Bertz CT molecular complexity index is 240. The standard InChI is InChI=1S/C13H22O3/c1-3-4-7-11(2)13(14)16-10-12-8-5-6-9-15-12/h7,12H,3-6,8-10H2,1-2H3/b11-7+. The fraction of sp³-hybridized carbons (Fsp3) is 0.769. The van der Waals surface area contributed by atoms with Crippen LogP contribution in [0.15, 0.2) is 11.6 Å². The maximum atomic E-state index is 11.5. The number of ether oxygens (including phenoxy) is 2. The number of allylic oxidation sites excluding steroid dienone is 1. The fourth-order valence-corrected chi connectivity index (χ4v) is 1.67. The van der Waals surface area contributed by atoms with Gasteiger partial charge in [0.05, 0.1) is 6.10 Å². The molecule has 0 radical (unpaired) electrons. The molecule has 1 unspecified atom stereocenters. The van der Waals surface area contributed by atoms with Crippen LogP contribution in [0.2, 0.25) is 0 Å². The smallest absolute Gasteiger partial charge is 0.333 e. The van der Waals surface area contributed by atoms with Gasteiger partial charge in [0.1, 0.15) is 6.61 Å². The van der Waals surface area contributed by atoms with Crippen molar-refractivity contribution < 1.29 is 14.3 Å². The van der Waals surface area contributed by atoms with E-state index in [1.54, 1.807) is 6.92 Å². The molecule has 0 spiro atoms. The summed E-state index contributed by atoms with van der Waals surface area (Å²) < 4.78 is 10.7. The summed E-state index contributed by atoms with van der Waals surface area (Å²) >= 11 is 0. The van der Waals surface area contributed by atoms with Crippen molar-refractivity contribution in [3.63, 3.8) is 0 Å². The van der Waals surface area contributed by atoms with E-state index in [4.69, 9.17) is 9.47 Å². The number of esters is 1. The van der Waals surface area contributed by atoms with E-state index in [2.05, 4.69) is 6.92 Å². The van der Waals surface area contributed by atoms with Crippen LogP contribution in [0.25, 0.3) is 0 Å². The van der Waals surface area contributed by atoms with Crippen LogP contribution in [0.1, 0.15) is 46.0 Å². The zero-order valence-electron chi connectivity index (χ0n) is 10.3. The van der Waals surface area contributed by atoms with Gasteiger partial charge in [-0.25, -0.2) is 4.79 Å². The molecule has 0 aromatic heterocycles. The Kier molecular flexibility index (Phi) is 6.16. The molecule has 1 heterocycles. The number of hydrogen-bond acceptors (Lipinski definition) is 3. The molecule has 1 aliphatic heterocycles. The van der Waals surface area contributed by atoms with Gasteiger partial charge in [0.2, 0.25) is 0 Å². The summed E-state index contributed by atoms with van der Waals surface area (Å²) in [5.74, 6) is -0.206. The molecule has 0 N–H and O–H groups in total. The minimum Gasteiger partial charge on any atom is -0.460 e. The van der Waals surface area contributed by atoms with Gasteiger partial charge in [-0.3, -0.25) is 0 Å². The summed E-state index contributed by atoms with van der Waals surface area (Å²) in [4.78, 5) is 11.5. The molecular formula is C13H22O3. The van der Waals surface area contributed by atoms with Crippen LogP contribution in [0.5, 0.6) is 0 Å². The number of hydrogen-bond donors (Lipinski definition) is 0. The second kappa shape index (κ2) is 7.44. The number of unbranched alkanes of at least 4 members (excludes halogenated alkanes) is 1. The molecule has 0 aliphatic carbocycles. The van der Waals surface area contributed by atoms with Gasteiger partial charge < -0.3 is 9.47 Å². The molecule has 0 bridgehead atoms. The van der Waals surface area contributed by atoms with Crippen LogP contribution in [0, 0.1) is 0 Å². The fourth-order valence-electron chi connectivity index (χ4n) is 1.67. The molecule has 0 aromatic rings. The van der Waals surface area contributed by atoms with Crippen molar-refractivity contribution in [3.8, 4) is 0 Å². The summed E-state index contributed by atoms with van der Waals surface area (Å²) in [6.07, 6.45) is 7.33. The van der Waals surface area contributed by atoms with Crippen molar-refractivity contribution >= 4 is 5.97 Å². The molecule has 0 aromatic carbocycles. The lowest BCUT2D eigenvalue weighted by Gasteiger charge is -2.22. The number of carbonyl (C=O) groups excluding carboxylic acids is 1. The van der Waals surface area contributed by atoms with Gasteiger partial charge in [-0.15, -0.1) is 0 Å². The van der Waals surface area contributed by atoms with E-state index in [9.17, 15) is 4.79 Å². The summed E-state index contributed by atoms with van der Waals surface area (Å²) in [6, 6.07) is 0. The van der Waals surface area contributed by atoms with Gasteiger partial charge in [0.25, 0.3) is 0 Å². The van der Waals surface area contributed by atoms with Crippen molar-refractivity contribution in [2.45, 2.75) is 52.1 Å². The van der Waals surface area contributed by atoms with E-state index in [1.807, 2.05) is 6.08 Å². The Balaban J connectivity index is 2.23. The third-order valence-electron chi connectivity index (χ3n) is 2.74. The molecule has 3 heteroatoms. The van der Waals surface area contributed by atoms with Crippen LogP contribution in [-0.4, -0.2) is 25.3 Å². The van der Waals surface area contributed by atoms with E-state index < -0.39 is 0 Å². The Morgan fingerprint density at radius 2 is 2.31 bits per heavy atom. The first-order valence-electron chi connectivity index (χ1n) is 6.19. The minimum atomic E-state index is -0.206. The number of rotatable bonds is 5. The van der Waals surface area contributed by atoms with Crippen molar-refractivity contribution in [1.82, 2.24) is 0 Å². The third-order valence-corrected chi connectivity index (χ3v) is 2.74. The zero-order chi connectivity index (χ0) is 11.8. The second-order valence-corrected chi connectivity index (χ2v) is 4.26. The Labute approximate surface area is 97.8 Å². The monoisotopic (exact) mass is 226 g/mol. The molecular weight excluding hydrogens is 204 g/mol. The summed E-state index contributed by atoms with van der Waals surface area (Å²) in [7, 11) is 0. The number of carbonyl (C=O) groups is 1. The first-order chi connectivity index (χ1) is 7.74. The predicted octanol–water partition coefficient (Wildman–Crippen LogP) is 2.85. The predicted molar refractivity (Wildman–Crippen MR) is 63.2 cm³/mol. The van der Waals surface area contributed by atoms with E-state index in [1.165, 1.54) is 6.42 Å². The van der Waals surface area contributed by atoms with Crippen molar-refractivity contribution in [2.75, 3.05) is 13.2 Å². The van der Waals surface area contributed by atoms with Crippen molar-refractivity contribution in [1.29, 1.82) is 0 Å². The molecule has 16 heavy (non-hydrogen) atoms. The lowest BCUT2D eigenvalue weighted by molar-refractivity contribution is -0.144. The molecule has 1 saturated heterocycles. The average Bonchev–Trinajstić information content (AvgIpc) is 2.34. The van der Waals surface area contributed by atoms with Crippen molar-refractivity contribution in [3.05, 3.63) is 11.6 Å². The SMILES string of the molecule is CCC/C=C(\C)C(=O)OCC1CCCCO1. The highest BCUT2D eigenvalue weighted by Crippen LogP contribution is 2.13. The largest absolute Gasteiger partial charge is 0.460 e. The highest BCUT2D eigenvalue weighted by atomic mass is 16.6. The Morgan fingerprint density at radius 3 is 2.94 bits per heavy atom. The maximum Gasteiger partial charge on any atom is 0.333 e. The molecule has 1 atom stereocenters. The van der Waals surface area contributed by atoms with Crippen LogP contribution in [-0.2, 0) is 14.3 Å². The quantitative estimate of drug-likeness (QED) is 0.534. The maximum absolute atomic E-state index is 11.5. The van der Waals surface area contributed by atoms with Gasteiger partial charge >= 0.3 is 5.97 Å². The van der Waals surface area contributed by atoms with Crippen molar-refractivity contribution in [2.24, 2.45) is 0 Å². The van der Waals surface area contributed by atoms with Crippen LogP contribution >= 0.6 is 0 Å². The Hall–Kier alpha value is -0.830. The topological polar surface area (TPSA) is 35.5 Å². The van der Waals surface area contributed by atoms with Gasteiger partial charge in [-0.1, -0.05) is 19.4 Å².